The number of nitrogens with zero attached hydrogens (tertiary/aromatic N) is 7. The molecule has 0 aliphatic heterocycles. The molecule has 3 aromatic rings. The second-order valence-electron chi connectivity index (χ2n) is 5.59. The van der Waals surface area contributed by atoms with Gasteiger partial charge in [0.2, 0.25) is 5.82 Å². The maximum atomic E-state index is 13.6. The second kappa shape index (κ2) is 6.72. The number of halogens is 5. The number of alkyl halides is 4. The molecule has 0 aliphatic carbocycles. The molecule has 0 N–H and O–H groups in total. The van der Waals surface area contributed by atoms with Gasteiger partial charge in [-0.1, -0.05) is 18.2 Å². The van der Waals surface area contributed by atoms with E-state index in [0.717, 1.165) is 4.80 Å². The minimum atomic E-state index is -4.54. The van der Waals surface area contributed by atoms with E-state index in [1.807, 2.05) is 0 Å². The standard InChI is InChI=1S/C15H12ClF4N7/c1-3-10-7-9(23-27(10)12-11(16)5-4-6-21-12)8-26-24-13(22-25-26)15(19,20)14(2,17)18/h3-7H,1,8H2,2H3. The zero-order valence-corrected chi connectivity index (χ0v) is 14.6. The van der Waals surface area contributed by atoms with Crippen LogP contribution in [0.1, 0.15) is 24.1 Å². The van der Waals surface area contributed by atoms with E-state index in [9.17, 15) is 17.6 Å². The predicted octanol–water partition coefficient (Wildman–Crippen LogP) is 3.35. The van der Waals surface area contributed by atoms with Crippen LogP contribution in [0.25, 0.3) is 11.9 Å². The molecule has 142 valence electrons. The molecule has 0 radical (unpaired) electrons. The molecule has 0 saturated carbocycles. The fourth-order valence-electron chi connectivity index (χ4n) is 2.15. The summed E-state index contributed by atoms with van der Waals surface area (Å²) in [6.07, 6.45) is 3.02. The maximum absolute atomic E-state index is 13.6. The normalized spacial score (nSPS) is 12.4. The molecule has 0 unspecified atom stereocenters. The largest absolute Gasteiger partial charge is 0.371 e. The Bertz CT molecular complexity index is 977. The van der Waals surface area contributed by atoms with E-state index in [0.29, 0.717) is 22.2 Å². The minimum Gasteiger partial charge on any atom is -0.236 e. The summed E-state index contributed by atoms with van der Waals surface area (Å²) in [5.74, 6) is -9.90. The zero-order valence-electron chi connectivity index (χ0n) is 13.8. The summed E-state index contributed by atoms with van der Waals surface area (Å²) < 4.78 is 54.7. The number of hydrogen-bond acceptors (Lipinski definition) is 5. The summed E-state index contributed by atoms with van der Waals surface area (Å²) in [6, 6.07) is 4.85. The van der Waals surface area contributed by atoms with Gasteiger partial charge in [-0.15, -0.1) is 10.2 Å². The summed E-state index contributed by atoms with van der Waals surface area (Å²) in [5, 5.41) is 14.4. The first-order chi connectivity index (χ1) is 12.6. The minimum absolute atomic E-state index is 0.0856. The Hall–Kier alpha value is -2.82. The Morgan fingerprint density at radius 2 is 2.00 bits per heavy atom. The van der Waals surface area contributed by atoms with Gasteiger partial charge >= 0.3 is 11.8 Å². The highest BCUT2D eigenvalue weighted by molar-refractivity contribution is 6.32. The highest BCUT2D eigenvalue weighted by atomic mass is 35.5. The van der Waals surface area contributed by atoms with Crippen molar-refractivity contribution in [1.82, 2.24) is 35.0 Å². The highest BCUT2D eigenvalue weighted by Crippen LogP contribution is 2.40. The molecule has 3 aromatic heterocycles. The molecule has 0 bridgehead atoms. The van der Waals surface area contributed by atoms with Crippen LogP contribution in [0.4, 0.5) is 17.6 Å². The Kier molecular flexibility index (Phi) is 4.72. The first kappa shape index (κ1) is 19.0. The molecular weight excluding hydrogens is 390 g/mol. The molecule has 27 heavy (non-hydrogen) atoms. The summed E-state index contributed by atoms with van der Waals surface area (Å²) in [4.78, 5) is 4.87. The predicted molar refractivity (Wildman–Crippen MR) is 87.9 cm³/mol. The lowest BCUT2D eigenvalue weighted by Crippen LogP contribution is -2.36. The molecule has 0 atom stereocenters. The SMILES string of the molecule is C=Cc1cc(Cn2nnc(C(F)(F)C(C)(F)F)n2)nn1-c1ncccc1Cl. The van der Waals surface area contributed by atoms with Gasteiger partial charge in [0.15, 0.2) is 5.82 Å². The maximum Gasteiger partial charge on any atom is 0.371 e. The van der Waals surface area contributed by atoms with Gasteiger partial charge in [-0.05, 0) is 29.5 Å². The Balaban J connectivity index is 1.90. The van der Waals surface area contributed by atoms with Gasteiger partial charge in [0.05, 0.1) is 16.4 Å². The number of aromatic nitrogens is 7. The molecule has 0 aliphatic rings. The number of tetrazole rings is 1. The van der Waals surface area contributed by atoms with Crippen molar-refractivity contribution in [3.05, 3.63) is 53.2 Å². The Morgan fingerprint density at radius 3 is 2.63 bits per heavy atom. The van der Waals surface area contributed by atoms with Crippen molar-refractivity contribution in [1.29, 1.82) is 0 Å². The van der Waals surface area contributed by atoms with E-state index in [1.54, 1.807) is 18.2 Å². The van der Waals surface area contributed by atoms with Crippen molar-refractivity contribution in [2.45, 2.75) is 25.3 Å². The first-order valence-corrected chi connectivity index (χ1v) is 7.87. The van der Waals surface area contributed by atoms with Gasteiger partial charge in [0, 0.05) is 13.1 Å². The average molecular weight is 402 g/mol. The topological polar surface area (TPSA) is 74.3 Å². The lowest BCUT2D eigenvalue weighted by atomic mass is 10.2. The van der Waals surface area contributed by atoms with Gasteiger partial charge in [0.1, 0.15) is 6.54 Å². The highest BCUT2D eigenvalue weighted by Gasteiger charge is 2.57. The van der Waals surface area contributed by atoms with Crippen molar-refractivity contribution in [3.63, 3.8) is 0 Å². The molecule has 0 aromatic carbocycles. The van der Waals surface area contributed by atoms with Crippen LogP contribution in [0, 0.1) is 0 Å². The molecular formula is C15H12ClF4N7. The van der Waals surface area contributed by atoms with E-state index < -0.39 is 17.7 Å². The fourth-order valence-corrected chi connectivity index (χ4v) is 2.35. The third kappa shape index (κ3) is 3.54. The lowest BCUT2D eigenvalue weighted by molar-refractivity contribution is -0.209. The van der Waals surface area contributed by atoms with Crippen molar-refractivity contribution in [2.75, 3.05) is 0 Å². The molecule has 7 nitrogen and oxygen atoms in total. The molecule has 0 spiro atoms. The quantitative estimate of drug-likeness (QED) is 0.592. The Labute approximate surface area is 155 Å². The van der Waals surface area contributed by atoms with E-state index in [-0.39, 0.29) is 13.5 Å². The van der Waals surface area contributed by atoms with Gasteiger partial charge in [0.25, 0.3) is 0 Å². The third-order valence-electron chi connectivity index (χ3n) is 3.52. The van der Waals surface area contributed by atoms with E-state index in [1.165, 1.54) is 17.0 Å². The summed E-state index contributed by atoms with van der Waals surface area (Å²) in [5.41, 5.74) is 0.860. The van der Waals surface area contributed by atoms with Gasteiger partial charge in [-0.3, -0.25) is 0 Å². The van der Waals surface area contributed by atoms with Crippen LogP contribution in [0.15, 0.2) is 31.0 Å². The van der Waals surface area contributed by atoms with Crippen LogP contribution in [-0.4, -0.2) is 40.9 Å². The van der Waals surface area contributed by atoms with Crippen LogP contribution < -0.4 is 0 Å². The van der Waals surface area contributed by atoms with Crippen LogP contribution >= 0.6 is 11.6 Å². The van der Waals surface area contributed by atoms with Gasteiger partial charge in [-0.25, -0.2) is 9.67 Å². The molecule has 3 rings (SSSR count). The summed E-state index contributed by atoms with van der Waals surface area (Å²) in [7, 11) is 0. The van der Waals surface area contributed by atoms with E-state index >= 15 is 0 Å². The van der Waals surface area contributed by atoms with E-state index in [2.05, 4.69) is 32.1 Å². The monoisotopic (exact) mass is 401 g/mol. The third-order valence-corrected chi connectivity index (χ3v) is 3.82. The first-order valence-electron chi connectivity index (χ1n) is 7.49. The van der Waals surface area contributed by atoms with Gasteiger partial charge < -0.3 is 0 Å². The molecule has 0 amide bonds. The zero-order chi connectivity index (χ0) is 19.8. The Morgan fingerprint density at radius 1 is 1.26 bits per heavy atom. The van der Waals surface area contributed by atoms with Crippen molar-refractivity contribution >= 4 is 17.7 Å². The van der Waals surface area contributed by atoms with Crippen molar-refractivity contribution in [3.8, 4) is 5.82 Å². The average Bonchev–Trinajstić information content (AvgIpc) is 3.22. The van der Waals surface area contributed by atoms with Crippen LogP contribution in [-0.2, 0) is 12.5 Å². The van der Waals surface area contributed by atoms with Crippen LogP contribution in [0.5, 0.6) is 0 Å². The molecule has 0 saturated heterocycles. The number of hydrogen-bond donors (Lipinski definition) is 0. The smallest absolute Gasteiger partial charge is 0.236 e. The van der Waals surface area contributed by atoms with Crippen molar-refractivity contribution in [2.24, 2.45) is 0 Å². The molecule has 12 heteroatoms. The van der Waals surface area contributed by atoms with E-state index in [4.69, 9.17) is 11.6 Å². The molecule has 0 fully saturated rings. The number of rotatable bonds is 6. The van der Waals surface area contributed by atoms with Gasteiger partial charge in [-0.2, -0.15) is 27.5 Å². The summed E-state index contributed by atoms with van der Waals surface area (Å²) >= 11 is 6.10. The summed E-state index contributed by atoms with van der Waals surface area (Å²) in [6.45, 7) is 3.57. The van der Waals surface area contributed by atoms with Crippen LogP contribution in [0.2, 0.25) is 5.02 Å². The lowest BCUT2D eigenvalue weighted by Gasteiger charge is -2.18. The van der Waals surface area contributed by atoms with Crippen LogP contribution in [0.3, 0.4) is 0 Å². The second-order valence-corrected chi connectivity index (χ2v) is 6.00. The van der Waals surface area contributed by atoms with Crippen molar-refractivity contribution < 1.29 is 17.6 Å². The molecule has 3 heterocycles. The number of pyridine rings is 1. The fraction of sp³-hybridized carbons (Fsp3) is 0.267.